The maximum Gasteiger partial charge on any atom is 0.267 e. The molecule has 29 heavy (non-hydrogen) atoms. The number of carbonyl (C=O) groups excluding carboxylic acids is 1. The monoisotopic (exact) mass is 388 g/mol. The first-order valence-corrected chi connectivity index (χ1v) is 9.33. The second kappa shape index (κ2) is 9.06. The summed E-state index contributed by atoms with van der Waals surface area (Å²) in [5.41, 5.74) is 3.47. The van der Waals surface area contributed by atoms with E-state index in [1.54, 1.807) is 19.4 Å². The summed E-state index contributed by atoms with van der Waals surface area (Å²) < 4.78 is 6.88. The van der Waals surface area contributed by atoms with Crippen molar-refractivity contribution in [3.05, 3.63) is 89.0 Å². The number of aromatic hydroxyl groups is 1. The molecule has 0 fully saturated rings. The van der Waals surface area contributed by atoms with Gasteiger partial charge >= 0.3 is 0 Å². The first kappa shape index (κ1) is 20.1. The van der Waals surface area contributed by atoms with E-state index < -0.39 is 0 Å². The minimum Gasteiger partial charge on any atom is -0.507 e. The van der Waals surface area contributed by atoms with Crippen LogP contribution in [0.5, 0.6) is 11.5 Å². The fraction of sp³-hybridized carbons (Fsp3) is 0.167. The molecular weight excluding hydrogens is 364 g/mol. The van der Waals surface area contributed by atoms with Crippen LogP contribution in [-0.2, 0) is 6.42 Å². The number of nitrogens with zero attached hydrogens (tertiary/aromatic N) is 2. The number of ether oxygens (including phenoxy) is 1. The van der Waals surface area contributed by atoms with E-state index in [4.69, 9.17) is 4.74 Å². The molecule has 2 aromatic carbocycles. The van der Waals surface area contributed by atoms with E-state index >= 15 is 0 Å². The smallest absolute Gasteiger partial charge is 0.267 e. The van der Waals surface area contributed by atoms with Crippen LogP contribution in [0.15, 0.2) is 66.8 Å². The highest BCUT2D eigenvalue weighted by molar-refractivity contribution is 6.03. The van der Waals surface area contributed by atoms with Gasteiger partial charge in [-0.2, -0.15) is 0 Å². The summed E-state index contributed by atoms with van der Waals surface area (Å²) in [5, 5.41) is 11.1. The van der Waals surface area contributed by atoms with Crippen LogP contribution in [0.4, 0.5) is 0 Å². The molecule has 5 heteroatoms. The van der Waals surface area contributed by atoms with Crippen LogP contribution in [0.1, 0.15) is 40.9 Å². The molecule has 0 bridgehead atoms. The lowest BCUT2D eigenvalue weighted by atomic mass is 9.96. The Hall–Kier alpha value is -3.60. The topological polar surface area (TPSA) is 64.4 Å². The minimum absolute atomic E-state index is 0.0757. The number of allylic oxidation sites excluding steroid dienone is 2. The van der Waals surface area contributed by atoms with Crippen LogP contribution < -0.4 is 4.74 Å². The number of phenolic OH excluding ortho intramolecular Hbond substituents is 1. The SMILES string of the molecule is COc1cc(C=Cc2ccccc2)c(C(=O)n2ccnc2)c(O)c1CC=C(C)C. The molecule has 0 aliphatic heterocycles. The van der Waals surface area contributed by atoms with Crippen molar-refractivity contribution >= 4 is 18.1 Å². The normalized spacial score (nSPS) is 10.9. The van der Waals surface area contributed by atoms with Gasteiger partial charge in [-0.05, 0) is 37.5 Å². The number of carbonyl (C=O) groups is 1. The van der Waals surface area contributed by atoms with E-state index in [2.05, 4.69) is 4.98 Å². The van der Waals surface area contributed by atoms with Crippen molar-refractivity contribution in [3.8, 4) is 11.5 Å². The second-order valence-electron chi connectivity index (χ2n) is 6.87. The number of methoxy groups -OCH3 is 1. The molecule has 0 aliphatic rings. The maximum atomic E-state index is 13.1. The minimum atomic E-state index is -0.353. The van der Waals surface area contributed by atoms with Crippen molar-refractivity contribution in [3.63, 3.8) is 0 Å². The molecule has 5 nitrogen and oxygen atoms in total. The second-order valence-corrected chi connectivity index (χ2v) is 6.87. The molecule has 0 radical (unpaired) electrons. The lowest BCUT2D eigenvalue weighted by molar-refractivity contribution is 0.0956. The quantitative estimate of drug-likeness (QED) is 0.479. The molecule has 0 saturated heterocycles. The summed E-state index contributed by atoms with van der Waals surface area (Å²) >= 11 is 0. The van der Waals surface area contributed by atoms with Gasteiger partial charge in [0, 0.05) is 18.0 Å². The molecule has 0 amide bonds. The zero-order valence-electron chi connectivity index (χ0n) is 16.8. The molecule has 1 heterocycles. The number of phenols is 1. The molecule has 148 valence electrons. The Kier molecular flexibility index (Phi) is 6.29. The summed E-state index contributed by atoms with van der Waals surface area (Å²) in [6, 6.07) is 11.5. The van der Waals surface area contributed by atoms with Crippen molar-refractivity contribution in [1.82, 2.24) is 9.55 Å². The fourth-order valence-corrected chi connectivity index (χ4v) is 3.01. The predicted octanol–water partition coefficient (Wildman–Crippen LogP) is 4.96. The van der Waals surface area contributed by atoms with Gasteiger partial charge < -0.3 is 9.84 Å². The van der Waals surface area contributed by atoms with Crippen molar-refractivity contribution in [2.45, 2.75) is 20.3 Å². The average Bonchev–Trinajstić information content (AvgIpc) is 3.26. The van der Waals surface area contributed by atoms with Gasteiger partial charge in [-0.25, -0.2) is 4.98 Å². The van der Waals surface area contributed by atoms with Crippen LogP contribution >= 0.6 is 0 Å². The Morgan fingerprint density at radius 3 is 2.59 bits per heavy atom. The van der Waals surface area contributed by atoms with E-state index in [0.717, 1.165) is 11.1 Å². The molecule has 0 spiro atoms. The van der Waals surface area contributed by atoms with Crippen molar-refractivity contribution < 1.29 is 14.6 Å². The van der Waals surface area contributed by atoms with Gasteiger partial charge in [0.1, 0.15) is 17.8 Å². The molecular formula is C24H24N2O3. The Morgan fingerprint density at radius 1 is 1.21 bits per heavy atom. The maximum absolute atomic E-state index is 13.1. The number of aromatic nitrogens is 2. The van der Waals surface area contributed by atoms with E-state index in [1.807, 2.05) is 62.4 Å². The van der Waals surface area contributed by atoms with Crippen LogP contribution in [0.3, 0.4) is 0 Å². The van der Waals surface area contributed by atoms with Crippen molar-refractivity contribution in [1.29, 1.82) is 0 Å². The van der Waals surface area contributed by atoms with Crippen LogP contribution in [0.2, 0.25) is 0 Å². The van der Waals surface area contributed by atoms with Crippen molar-refractivity contribution in [2.24, 2.45) is 0 Å². The highest BCUT2D eigenvalue weighted by atomic mass is 16.5. The van der Waals surface area contributed by atoms with Gasteiger partial charge in [-0.15, -0.1) is 0 Å². The Balaban J connectivity index is 2.17. The van der Waals surface area contributed by atoms with E-state index in [-0.39, 0.29) is 17.2 Å². The zero-order chi connectivity index (χ0) is 20.8. The number of imidazole rings is 1. The highest BCUT2D eigenvalue weighted by Gasteiger charge is 2.23. The number of hydrogen-bond donors (Lipinski definition) is 1. The van der Waals surface area contributed by atoms with Gasteiger partial charge in [0.25, 0.3) is 5.91 Å². The van der Waals surface area contributed by atoms with Crippen LogP contribution in [0.25, 0.3) is 12.2 Å². The third-order valence-corrected chi connectivity index (χ3v) is 4.54. The third-order valence-electron chi connectivity index (χ3n) is 4.54. The summed E-state index contributed by atoms with van der Waals surface area (Å²) in [6.45, 7) is 3.97. The molecule has 0 atom stereocenters. The van der Waals surface area contributed by atoms with Crippen LogP contribution in [0, 0.1) is 0 Å². The number of hydrogen-bond acceptors (Lipinski definition) is 4. The molecule has 3 rings (SSSR count). The zero-order valence-corrected chi connectivity index (χ0v) is 16.8. The van der Waals surface area contributed by atoms with E-state index in [1.165, 1.54) is 17.1 Å². The summed E-state index contributed by atoms with van der Waals surface area (Å²) in [5.74, 6) is 0.108. The fourth-order valence-electron chi connectivity index (χ4n) is 3.01. The first-order chi connectivity index (χ1) is 14.0. The number of rotatable bonds is 6. The summed E-state index contributed by atoms with van der Waals surface area (Å²) in [6.07, 6.45) is 10.7. The van der Waals surface area contributed by atoms with Crippen molar-refractivity contribution in [2.75, 3.05) is 7.11 Å². The van der Waals surface area contributed by atoms with E-state index in [0.29, 0.717) is 23.3 Å². The highest BCUT2D eigenvalue weighted by Crippen LogP contribution is 2.36. The van der Waals surface area contributed by atoms with Gasteiger partial charge in [0.15, 0.2) is 0 Å². The molecule has 1 N–H and O–H groups in total. The first-order valence-electron chi connectivity index (χ1n) is 9.33. The predicted molar refractivity (Wildman–Crippen MR) is 115 cm³/mol. The van der Waals surface area contributed by atoms with Gasteiger partial charge in [0.05, 0.1) is 12.7 Å². The standard InChI is InChI=1S/C24H24N2O3/c1-17(2)9-12-20-21(29-3)15-19(11-10-18-7-5-4-6-8-18)22(23(20)27)24(28)26-14-13-25-16-26/h4-11,13-16,27H,12H2,1-3H3. The molecule has 0 saturated carbocycles. The number of benzene rings is 2. The summed E-state index contributed by atoms with van der Waals surface area (Å²) in [4.78, 5) is 17.1. The summed E-state index contributed by atoms with van der Waals surface area (Å²) in [7, 11) is 1.56. The molecule has 1 aromatic heterocycles. The lowest BCUT2D eigenvalue weighted by Gasteiger charge is -2.16. The van der Waals surface area contributed by atoms with Gasteiger partial charge in [-0.3, -0.25) is 9.36 Å². The Labute approximate surface area is 170 Å². The Morgan fingerprint density at radius 2 is 1.97 bits per heavy atom. The third kappa shape index (κ3) is 4.63. The largest absolute Gasteiger partial charge is 0.507 e. The van der Waals surface area contributed by atoms with Gasteiger partial charge in [0.2, 0.25) is 0 Å². The molecule has 3 aromatic rings. The van der Waals surface area contributed by atoms with E-state index in [9.17, 15) is 9.90 Å². The van der Waals surface area contributed by atoms with Gasteiger partial charge in [-0.1, -0.05) is 54.1 Å². The average molecular weight is 388 g/mol. The molecule has 0 aliphatic carbocycles. The molecule has 0 unspecified atom stereocenters. The Bertz CT molecular complexity index is 1050. The lowest BCUT2D eigenvalue weighted by Crippen LogP contribution is -2.13. The van der Waals surface area contributed by atoms with Crippen LogP contribution in [-0.4, -0.2) is 27.7 Å².